The maximum Gasteiger partial charge on any atom is 0.306 e. The molecule has 0 spiro atoms. The molecular formula is C13H16N2O4. The summed E-state index contributed by atoms with van der Waals surface area (Å²) in [6.45, 7) is 0.904. The molecule has 6 heteroatoms. The highest BCUT2D eigenvalue weighted by Crippen LogP contribution is 2.22. The van der Waals surface area contributed by atoms with Crippen molar-refractivity contribution in [3.8, 4) is 5.88 Å². The number of hydrogen-bond donors (Lipinski definition) is 1. The third kappa shape index (κ3) is 2.83. The second-order valence-electron chi connectivity index (χ2n) is 4.46. The van der Waals surface area contributed by atoms with Gasteiger partial charge in [-0.1, -0.05) is 0 Å². The summed E-state index contributed by atoms with van der Waals surface area (Å²) < 4.78 is 5.06. The number of ether oxygens (including phenoxy) is 1. The number of amides is 1. The highest BCUT2D eigenvalue weighted by atomic mass is 16.5. The Morgan fingerprint density at radius 1 is 1.42 bits per heavy atom. The Kier molecular flexibility index (Phi) is 3.99. The Bertz CT molecular complexity index is 481. The van der Waals surface area contributed by atoms with E-state index in [4.69, 9.17) is 9.84 Å². The summed E-state index contributed by atoms with van der Waals surface area (Å²) in [6.07, 6.45) is 2.54. The molecule has 1 amide bonds. The molecular weight excluding hydrogens is 248 g/mol. The molecule has 2 rings (SSSR count). The molecule has 0 atom stereocenters. The first kappa shape index (κ1) is 13.3. The lowest BCUT2D eigenvalue weighted by Gasteiger charge is -2.30. The van der Waals surface area contributed by atoms with Crippen LogP contribution in [0.15, 0.2) is 18.3 Å². The Morgan fingerprint density at radius 3 is 2.68 bits per heavy atom. The lowest BCUT2D eigenvalue weighted by Crippen LogP contribution is -2.40. The number of likely N-dealkylation sites (tertiary alicyclic amines) is 1. The highest BCUT2D eigenvalue weighted by molar-refractivity contribution is 5.96. The topological polar surface area (TPSA) is 79.7 Å². The van der Waals surface area contributed by atoms with Crippen molar-refractivity contribution in [2.45, 2.75) is 12.8 Å². The summed E-state index contributed by atoms with van der Waals surface area (Å²) in [5.41, 5.74) is 0.416. The molecule has 1 aromatic rings. The molecule has 0 aromatic carbocycles. The van der Waals surface area contributed by atoms with Gasteiger partial charge < -0.3 is 14.7 Å². The number of methoxy groups -OCH3 is 1. The van der Waals surface area contributed by atoms with Crippen molar-refractivity contribution >= 4 is 11.9 Å². The molecule has 19 heavy (non-hydrogen) atoms. The average Bonchev–Trinajstić information content (AvgIpc) is 2.46. The Morgan fingerprint density at radius 2 is 2.11 bits per heavy atom. The third-order valence-electron chi connectivity index (χ3n) is 3.33. The molecule has 0 aliphatic carbocycles. The van der Waals surface area contributed by atoms with Gasteiger partial charge >= 0.3 is 5.97 Å². The van der Waals surface area contributed by atoms with Crippen LogP contribution in [0.2, 0.25) is 0 Å². The largest absolute Gasteiger partial charge is 0.481 e. The van der Waals surface area contributed by atoms with E-state index in [0.717, 1.165) is 0 Å². The van der Waals surface area contributed by atoms with E-state index in [1.807, 2.05) is 0 Å². The molecule has 1 fully saturated rings. The molecule has 1 aromatic heterocycles. The van der Waals surface area contributed by atoms with Crippen molar-refractivity contribution in [1.82, 2.24) is 9.88 Å². The van der Waals surface area contributed by atoms with Gasteiger partial charge in [0.15, 0.2) is 0 Å². The van der Waals surface area contributed by atoms with Crippen LogP contribution in [0.3, 0.4) is 0 Å². The SMILES string of the molecule is COc1ncccc1C(=O)N1CCC(C(=O)O)CC1. The first-order valence-electron chi connectivity index (χ1n) is 6.14. The zero-order chi connectivity index (χ0) is 13.8. The first-order valence-corrected chi connectivity index (χ1v) is 6.14. The van der Waals surface area contributed by atoms with E-state index in [2.05, 4.69) is 4.98 Å². The van der Waals surface area contributed by atoms with E-state index in [-0.39, 0.29) is 11.8 Å². The van der Waals surface area contributed by atoms with E-state index >= 15 is 0 Å². The Balaban J connectivity index is 2.07. The van der Waals surface area contributed by atoms with Gasteiger partial charge in [-0.2, -0.15) is 0 Å². The zero-order valence-corrected chi connectivity index (χ0v) is 10.7. The van der Waals surface area contributed by atoms with Gasteiger partial charge in [0, 0.05) is 19.3 Å². The van der Waals surface area contributed by atoms with Gasteiger partial charge in [0.05, 0.1) is 13.0 Å². The number of aliphatic carboxylic acids is 1. The normalized spacial score (nSPS) is 16.2. The van der Waals surface area contributed by atoms with Crippen molar-refractivity contribution < 1.29 is 19.4 Å². The van der Waals surface area contributed by atoms with Crippen molar-refractivity contribution in [3.63, 3.8) is 0 Å². The monoisotopic (exact) mass is 264 g/mol. The summed E-state index contributed by atoms with van der Waals surface area (Å²) in [6, 6.07) is 3.34. The first-order chi connectivity index (χ1) is 9.13. The van der Waals surface area contributed by atoms with Gasteiger partial charge in [-0.15, -0.1) is 0 Å². The number of nitrogens with zero attached hydrogens (tertiary/aromatic N) is 2. The Labute approximate surface area is 111 Å². The summed E-state index contributed by atoms with van der Waals surface area (Å²) in [4.78, 5) is 28.8. The van der Waals surface area contributed by atoms with Crippen LogP contribution in [0.4, 0.5) is 0 Å². The van der Waals surface area contributed by atoms with E-state index in [0.29, 0.717) is 37.4 Å². The molecule has 102 valence electrons. The van der Waals surface area contributed by atoms with Crippen LogP contribution < -0.4 is 4.74 Å². The summed E-state index contributed by atoms with van der Waals surface area (Å²) in [5.74, 6) is -0.993. The van der Waals surface area contributed by atoms with E-state index in [1.165, 1.54) is 7.11 Å². The fourth-order valence-corrected chi connectivity index (χ4v) is 2.22. The van der Waals surface area contributed by atoms with Gasteiger partial charge in [-0.25, -0.2) is 4.98 Å². The lowest BCUT2D eigenvalue weighted by molar-refractivity contribution is -0.143. The van der Waals surface area contributed by atoms with E-state index in [9.17, 15) is 9.59 Å². The molecule has 1 saturated heterocycles. The van der Waals surface area contributed by atoms with Gasteiger partial charge in [0.25, 0.3) is 5.91 Å². The van der Waals surface area contributed by atoms with E-state index < -0.39 is 5.97 Å². The lowest BCUT2D eigenvalue weighted by atomic mass is 9.97. The van der Waals surface area contributed by atoms with Crippen molar-refractivity contribution in [2.24, 2.45) is 5.92 Å². The second-order valence-corrected chi connectivity index (χ2v) is 4.46. The minimum Gasteiger partial charge on any atom is -0.481 e. The molecule has 1 aliphatic heterocycles. The van der Waals surface area contributed by atoms with Crippen LogP contribution in [0, 0.1) is 5.92 Å². The molecule has 2 heterocycles. The number of carbonyl (C=O) groups is 2. The smallest absolute Gasteiger partial charge is 0.306 e. The van der Waals surface area contributed by atoms with Gasteiger partial charge in [-0.05, 0) is 25.0 Å². The van der Waals surface area contributed by atoms with Crippen LogP contribution in [-0.4, -0.2) is 47.1 Å². The van der Waals surface area contributed by atoms with Crippen molar-refractivity contribution in [2.75, 3.05) is 20.2 Å². The van der Waals surface area contributed by atoms with Crippen LogP contribution in [0.5, 0.6) is 5.88 Å². The fraction of sp³-hybridized carbons (Fsp3) is 0.462. The van der Waals surface area contributed by atoms with Crippen LogP contribution >= 0.6 is 0 Å². The number of carboxylic acid groups (broad SMARTS) is 1. The number of aromatic nitrogens is 1. The predicted molar refractivity (Wildman–Crippen MR) is 67.1 cm³/mol. The summed E-state index contributed by atoms with van der Waals surface area (Å²) in [7, 11) is 1.47. The predicted octanol–water partition coefficient (Wildman–Crippen LogP) is 1.03. The fourth-order valence-electron chi connectivity index (χ4n) is 2.22. The maximum absolute atomic E-state index is 12.3. The number of pyridine rings is 1. The van der Waals surface area contributed by atoms with Crippen LogP contribution in [0.25, 0.3) is 0 Å². The minimum absolute atomic E-state index is 0.159. The van der Waals surface area contributed by atoms with Crippen molar-refractivity contribution in [3.05, 3.63) is 23.9 Å². The van der Waals surface area contributed by atoms with Gasteiger partial charge in [0.2, 0.25) is 5.88 Å². The highest BCUT2D eigenvalue weighted by Gasteiger charge is 2.28. The maximum atomic E-state index is 12.3. The average molecular weight is 264 g/mol. The molecule has 0 bridgehead atoms. The van der Waals surface area contributed by atoms with Gasteiger partial charge in [0.1, 0.15) is 5.56 Å². The van der Waals surface area contributed by atoms with Crippen LogP contribution in [0.1, 0.15) is 23.2 Å². The number of rotatable bonds is 3. The molecule has 1 aliphatic rings. The number of carboxylic acids is 1. The zero-order valence-electron chi connectivity index (χ0n) is 10.7. The van der Waals surface area contributed by atoms with Crippen LogP contribution in [-0.2, 0) is 4.79 Å². The molecule has 0 radical (unpaired) electrons. The standard InChI is InChI=1S/C13H16N2O4/c1-19-11-10(3-2-6-14-11)12(16)15-7-4-9(5-8-15)13(17)18/h2-3,6,9H,4-5,7-8H2,1H3,(H,17,18). The quantitative estimate of drug-likeness (QED) is 0.882. The second kappa shape index (κ2) is 5.69. The third-order valence-corrected chi connectivity index (χ3v) is 3.33. The minimum atomic E-state index is -0.786. The molecule has 6 nitrogen and oxygen atoms in total. The van der Waals surface area contributed by atoms with Gasteiger partial charge in [-0.3, -0.25) is 9.59 Å². The summed E-state index contributed by atoms with van der Waals surface area (Å²) >= 11 is 0. The summed E-state index contributed by atoms with van der Waals surface area (Å²) in [5, 5.41) is 8.93. The molecule has 0 saturated carbocycles. The Hall–Kier alpha value is -2.11. The molecule has 1 N–H and O–H groups in total. The number of hydrogen-bond acceptors (Lipinski definition) is 4. The van der Waals surface area contributed by atoms with E-state index in [1.54, 1.807) is 23.2 Å². The molecule has 0 unspecified atom stereocenters. The van der Waals surface area contributed by atoms with Crippen molar-refractivity contribution in [1.29, 1.82) is 0 Å². The number of carbonyl (C=O) groups excluding carboxylic acids is 1. The number of piperidine rings is 1.